The molecular weight excluding hydrogens is 523 g/mol. The second-order valence-electron chi connectivity index (χ2n) is 10.9. The number of piperidine rings is 1. The monoisotopic (exact) mass is 555 g/mol. The Kier molecular flexibility index (Phi) is 7.34. The fraction of sp³-hybridized carbons (Fsp3) is 0.414. The number of carboxylic acid groups (broad SMARTS) is 1. The van der Waals surface area contributed by atoms with Crippen LogP contribution in [0.15, 0.2) is 48.5 Å². The Hall–Kier alpha value is -3.86. The fourth-order valence-electron chi connectivity index (χ4n) is 5.77. The van der Waals surface area contributed by atoms with Crippen LogP contribution in [0.5, 0.6) is 5.88 Å². The number of nitrogens with zero attached hydrogens (tertiary/aromatic N) is 3. The number of nitrogens with two attached hydrogens (primary N) is 1. The Bertz CT molecular complexity index is 1370. The fourth-order valence-corrected chi connectivity index (χ4v) is 5.77. The minimum atomic E-state index is -4.70. The quantitative estimate of drug-likeness (QED) is 0.387. The van der Waals surface area contributed by atoms with Crippen LogP contribution in [0, 0.1) is 19.3 Å². The lowest BCUT2D eigenvalue weighted by Gasteiger charge is -2.39. The van der Waals surface area contributed by atoms with Crippen molar-refractivity contribution in [2.45, 2.75) is 51.4 Å². The number of alkyl halides is 3. The summed E-state index contributed by atoms with van der Waals surface area (Å²) in [6.45, 7) is 5.69. The standard InChI is InChI=1S/C29H32F3N5O3/c1-17-11-18(2)13-21(12-17)19-3-5-20(6-4-19)25(29(30,31)32)40-24-14-23(35-27(33)36-24)37-9-7-28(8-10-37)15-22(26(38)39)34-16-28/h3-6,11-14,22,25,34H,7-10,15-16H2,1-2H3,(H,38,39)(H2,33,35,36)/t22?,25-/m1/s1. The second-order valence-corrected chi connectivity index (χ2v) is 10.9. The number of rotatable bonds is 6. The molecule has 2 fully saturated rings. The molecule has 212 valence electrons. The number of nitrogen functional groups attached to an aromatic ring is 1. The second kappa shape index (κ2) is 10.6. The average molecular weight is 556 g/mol. The van der Waals surface area contributed by atoms with Gasteiger partial charge in [0.1, 0.15) is 11.9 Å². The van der Waals surface area contributed by atoms with Crippen molar-refractivity contribution in [1.82, 2.24) is 15.3 Å². The van der Waals surface area contributed by atoms with Crippen molar-refractivity contribution in [2.75, 3.05) is 30.3 Å². The van der Waals surface area contributed by atoms with E-state index in [1.165, 1.54) is 18.2 Å². The van der Waals surface area contributed by atoms with Crippen LogP contribution in [0.3, 0.4) is 0 Å². The maximum absolute atomic E-state index is 14.2. The first kappa shape index (κ1) is 27.7. The van der Waals surface area contributed by atoms with Crippen LogP contribution in [-0.2, 0) is 4.79 Å². The zero-order valence-corrected chi connectivity index (χ0v) is 22.3. The highest BCUT2D eigenvalue weighted by atomic mass is 19.4. The molecule has 2 aliphatic rings. The van der Waals surface area contributed by atoms with Crippen molar-refractivity contribution in [2.24, 2.45) is 5.41 Å². The van der Waals surface area contributed by atoms with Gasteiger partial charge in [-0.2, -0.15) is 23.1 Å². The van der Waals surface area contributed by atoms with Gasteiger partial charge in [0.25, 0.3) is 0 Å². The zero-order valence-electron chi connectivity index (χ0n) is 22.3. The molecule has 2 aromatic carbocycles. The van der Waals surface area contributed by atoms with E-state index in [1.54, 1.807) is 12.1 Å². The summed E-state index contributed by atoms with van der Waals surface area (Å²) in [4.78, 5) is 21.5. The summed E-state index contributed by atoms with van der Waals surface area (Å²) in [6.07, 6.45) is -4.95. The summed E-state index contributed by atoms with van der Waals surface area (Å²) < 4.78 is 48.0. The van der Waals surface area contributed by atoms with Gasteiger partial charge in [0, 0.05) is 31.3 Å². The van der Waals surface area contributed by atoms with Crippen molar-refractivity contribution in [3.63, 3.8) is 0 Å². The molecule has 0 amide bonds. The maximum Gasteiger partial charge on any atom is 0.429 e. The van der Waals surface area contributed by atoms with Gasteiger partial charge >= 0.3 is 12.1 Å². The van der Waals surface area contributed by atoms with Crippen molar-refractivity contribution >= 4 is 17.7 Å². The van der Waals surface area contributed by atoms with Crippen molar-refractivity contribution in [3.8, 4) is 17.0 Å². The van der Waals surface area contributed by atoms with Gasteiger partial charge in [-0.05, 0) is 49.7 Å². The smallest absolute Gasteiger partial charge is 0.429 e. The topological polar surface area (TPSA) is 114 Å². The third-order valence-corrected chi connectivity index (χ3v) is 7.82. The summed E-state index contributed by atoms with van der Waals surface area (Å²) in [6, 6.07) is 13.0. The molecule has 0 saturated carbocycles. The number of ether oxygens (including phenoxy) is 1. The number of carboxylic acids is 1. The van der Waals surface area contributed by atoms with Crippen molar-refractivity contribution in [1.29, 1.82) is 0 Å². The van der Waals surface area contributed by atoms with Crippen LogP contribution in [0.2, 0.25) is 0 Å². The molecule has 2 atom stereocenters. The Morgan fingerprint density at radius 1 is 1.07 bits per heavy atom. The van der Waals surface area contributed by atoms with E-state index in [4.69, 9.17) is 10.5 Å². The molecule has 0 radical (unpaired) electrons. The maximum atomic E-state index is 14.2. The molecule has 40 heavy (non-hydrogen) atoms. The highest BCUT2D eigenvalue weighted by molar-refractivity contribution is 5.74. The molecule has 3 aromatic rings. The molecule has 2 aliphatic heterocycles. The molecule has 11 heteroatoms. The molecule has 3 heterocycles. The number of carbonyl (C=O) groups is 1. The third-order valence-electron chi connectivity index (χ3n) is 7.82. The Morgan fingerprint density at radius 3 is 2.30 bits per heavy atom. The number of hydrogen-bond acceptors (Lipinski definition) is 7. The van der Waals surface area contributed by atoms with Crippen molar-refractivity contribution < 1.29 is 27.8 Å². The SMILES string of the molecule is Cc1cc(C)cc(-c2ccc([C@@H](Oc3cc(N4CCC5(CC4)CNC(C(=O)O)C5)nc(N)n3)C(F)(F)F)cc2)c1. The highest BCUT2D eigenvalue weighted by Gasteiger charge is 2.45. The number of halogens is 3. The Balaban J connectivity index is 1.33. The molecular formula is C29H32F3N5O3. The van der Waals surface area contributed by atoms with E-state index in [9.17, 15) is 23.1 Å². The summed E-state index contributed by atoms with van der Waals surface area (Å²) in [5, 5.41) is 12.4. The van der Waals surface area contributed by atoms with Gasteiger partial charge in [-0.15, -0.1) is 0 Å². The summed E-state index contributed by atoms with van der Waals surface area (Å²) in [5.41, 5.74) is 9.58. The summed E-state index contributed by atoms with van der Waals surface area (Å²) in [5.74, 6) is -0.933. The average Bonchev–Trinajstić information content (AvgIpc) is 3.30. The minimum Gasteiger partial charge on any atom is -0.480 e. The number of anilines is 2. The Morgan fingerprint density at radius 2 is 1.73 bits per heavy atom. The third kappa shape index (κ3) is 5.99. The van der Waals surface area contributed by atoms with Gasteiger partial charge in [-0.3, -0.25) is 4.79 Å². The van der Waals surface area contributed by atoms with Gasteiger partial charge in [-0.1, -0.05) is 53.6 Å². The number of aliphatic carboxylic acids is 1. The van der Waals surface area contributed by atoms with Gasteiger partial charge in [0.2, 0.25) is 17.9 Å². The van der Waals surface area contributed by atoms with E-state index < -0.39 is 24.3 Å². The molecule has 0 aliphatic carbocycles. The van der Waals surface area contributed by atoms with E-state index >= 15 is 0 Å². The van der Waals surface area contributed by atoms with E-state index in [1.807, 2.05) is 36.9 Å². The van der Waals surface area contributed by atoms with E-state index in [0.29, 0.717) is 31.9 Å². The predicted molar refractivity (Wildman–Crippen MR) is 145 cm³/mol. The molecule has 4 N–H and O–H groups in total. The molecule has 1 unspecified atom stereocenters. The highest BCUT2D eigenvalue weighted by Crippen LogP contribution is 2.41. The van der Waals surface area contributed by atoms with E-state index in [0.717, 1.165) is 35.1 Å². The van der Waals surface area contributed by atoms with E-state index in [-0.39, 0.29) is 22.8 Å². The van der Waals surface area contributed by atoms with Crippen LogP contribution in [0.4, 0.5) is 24.9 Å². The largest absolute Gasteiger partial charge is 0.480 e. The molecule has 0 bridgehead atoms. The molecule has 8 nitrogen and oxygen atoms in total. The zero-order chi connectivity index (χ0) is 28.7. The molecule has 2 saturated heterocycles. The van der Waals surface area contributed by atoms with Gasteiger partial charge in [0.05, 0.1) is 0 Å². The van der Waals surface area contributed by atoms with Crippen LogP contribution in [0.1, 0.15) is 42.1 Å². The van der Waals surface area contributed by atoms with Crippen LogP contribution in [-0.4, -0.2) is 52.9 Å². The predicted octanol–water partition coefficient (Wildman–Crippen LogP) is 5.06. The summed E-state index contributed by atoms with van der Waals surface area (Å²) >= 11 is 0. The van der Waals surface area contributed by atoms with Crippen LogP contribution < -0.4 is 20.7 Å². The molecule has 1 aromatic heterocycles. The summed E-state index contributed by atoms with van der Waals surface area (Å²) in [7, 11) is 0. The van der Waals surface area contributed by atoms with Gasteiger partial charge in [-0.25, -0.2) is 0 Å². The lowest BCUT2D eigenvalue weighted by Crippen LogP contribution is -2.41. The number of benzene rings is 2. The first-order valence-corrected chi connectivity index (χ1v) is 13.2. The first-order chi connectivity index (χ1) is 18.9. The molecule has 1 spiro atoms. The van der Waals surface area contributed by atoms with Gasteiger partial charge < -0.3 is 25.8 Å². The van der Waals surface area contributed by atoms with Crippen LogP contribution >= 0.6 is 0 Å². The normalized spacial score (nSPS) is 19.5. The lowest BCUT2D eigenvalue weighted by molar-refractivity contribution is -0.198. The van der Waals surface area contributed by atoms with Crippen LogP contribution in [0.25, 0.3) is 11.1 Å². The number of aryl methyl sites for hydroxylation is 2. The lowest BCUT2D eigenvalue weighted by atomic mass is 9.76. The Labute approximate surface area is 230 Å². The minimum absolute atomic E-state index is 0.0546. The van der Waals surface area contributed by atoms with E-state index in [2.05, 4.69) is 15.3 Å². The number of hydrogen-bond donors (Lipinski definition) is 3. The number of nitrogens with one attached hydrogen (secondary N) is 1. The molecule has 5 rings (SSSR count). The number of aromatic nitrogens is 2. The van der Waals surface area contributed by atoms with Gasteiger partial charge in [0.15, 0.2) is 0 Å². The first-order valence-electron chi connectivity index (χ1n) is 13.2. The van der Waals surface area contributed by atoms with Crippen molar-refractivity contribution in [3.05, 3.63) is 65.2 Å².